The highest BCUT2D eigenvalue weighted by Crippen LogP contribution is 2.32. The Bertz CT molecular complexity index is 1090. The van der Waals surface area contributed by atoms with Crippen molar-refractivity contribution in [2.75, 3.05) is 18.4 Å². The Morgan fingerprint density at radius 2 is 2.00 bits per heavy atom. The van der Waals surface area contributed by atoms with E-state index < -0.39 is 0 Å². The Balaban J connectivity index is 1.27. The largest absolute Gasteiger partial charge is 0.360 e. The number of hydrogen-bond donors (Lipinski definition) is 4. The standard InChI is InChI=1S/C24H29ClN6O/c25-20-14-28-24(31-22(20)19-13-27-21-9-2-1-8-18(19)21)30-17-7-3-6-16(11-17)29-23(32)15-5-4-10-26-12-15/h1-2,8-9,13-17,26-27H,3-7,10-12H2,(H,29,32)(H,28,30,31)/t15-,16?,17-/m1/s1. The molecule has 3 heterocycles. The lowest BCUT2D eigenvalue weighted by Gasteiger charge is -2.32. The van der Waals surface area contributed by atoms with Crippen molar-refractivity contribution in [2.45, 2.75) is 50.6 Å². The zero-order valence-electron chi connectivity index (χ0n) is 18.0. The normalized spacial score (nSPS) is 23.7. The van der Waals surface area contributed by atoms with Crippen molar-refractivity contribution in [1.82, 2.24) is 25.6 Å². The van der Waals surface area contributed by atoms with E-state index in [2.05, 4.69) is 32.0 Å². The van der Waals surface area contributed by atoms with Gasteiger partial charge in [0.15, 0.2) is 0 Å². The van der Waals surface area contributed by atoms with Crippen LogP contribution in [0.5, 0.6) is 0 Å². The molecule has 0 spiro atoms. The van der Waals surface area contributed by atoms with Crippen molar-refractivity contribution in [3.05, 3.63) is 41.7 Å². The number of aromatic nitrogens is 3. The quantitative estimate of drug-likeness (QED) is 0.467. The molecular formula is C24H29ClN6O. The highest BCUT2D eigenvalue weighted by molar-refractivity contribution is 6.33. The molecule has 1 aromatic carbocycles. The van der Waals surface area contributed by atoms with Gasteiger partial charge in [-0.15, -0.1) is 0 Å². The van der Waals surface area contributed by atoms with Crippen LogP contribution in [0.1, 0.15) is 38.5 Å². The molecule has 2 fully saturated rings. The number of carbonyl (C=O) groups excluding carboxylic acids is 1. The van der Waals surface area contributed by atoms with Crippen molar-refractivity contribution in [2.24, 2.45) is 5.92 Å². The maximum atomic E-state index is 12.6. The number of para-hydroxylation sites is 1. The molecule has 1 saturated carbocycles. The Labute approximate surface area is 192 Å². The zero-order chi connectivity index (χ0) is 21.9. The monoisotopic (exact) mass is 452 g/mol. The Hall–Kier alpha value is -2.64. The minimum absolute atomic E-state index is 0.0930. The number of hydrogen-bond acceptors (Lipinski definition) is 5. The first-order valence-electron chi connectivity index (χ1n) is 11.5. The number of nitrogens with zero attached hydrogens (tertiary/aromatic N) is 2. The third-order valence-electron chi connectivity index (χ3n) is 6.61. The van der Waals surface area contributed by atoms with E-state index in [0.29, 0.717) is 16.7 Å². The van der Waals surface area contributed by atoms with Crippen LogP contribution in [0, 0.1) is 5.92 Å². The van der Waals surface area contributed by atoms with Gasteiger partial charge in [-0.3, -0.25) is 4.79 Å². The molecule has 1 saturated heterocycles. The minimum atomic E-state index is 0.0930. The van der Waals surface area contributed by atoms with Crippen LogP contribution in [0.2, 0.25) is 5.02 Å². The van der Waals surface area contributed by atoms with Gasteiger partial charge in [0.25, 0.3) is 0 Å². The van der Waals surface area contributed by atoms with Crippen molar-refractivity contribution in [3.8, 4) is 11.3 Å². The summed E-state index contributed by atoms with van der Waals surface area (Å²) in [7, 11) is 0. The Kier molecular flexibility index (Phi) is 6.28. The molecule has 1 aliphatic heterocycles. The van der Waals surface area contributed by atoms with Gasteiger partial charge in [0.1, 0.15) is 0 Å². The summed E-state index contributed by atoms with van der Waals surface area (Å²) in [5.41, 5.74) is 2.73. The minimum Gasteiger partial charge on any atom is -0.360 e. The van der Waals surface area contributed by atoms with Gasteiger partial charge < -0.3 is 20.9 Å². The van der Waals surface area contributed by atoms with Crippen molar-refractivity contribution in [3.63, 3.8) is 0 Å². The Morgan fingerprint density at radius 1 is 1.12 bits per heavy atom. The van der Waals surface area contributed by atoms with Crippen molar-refractivity contribution < 1.29 is 4.79 Å². The van der Waals surface area contributed by atoms with E-state index in [1.54, 1.807) is 6.20 Å². The fourth-order valence-corrected chi connectivity index (χ4v) is 5.12. The van der Waals surface area contributed by atoms with Crippen LogP contribution in [0.3, 0.4) is 0 Å². The lowest BCUT2D eigenvalue weighted by molar-refractivity contribution is -0.126. The lowest BCUT2D eigenvalue weighted by Crippen LogP contribution is -2.47. The average Bonchev–Trinajstić information content (AvgIpc) is 3.25. The first-order chi connectivity index (χ1) is 15.7. The number of carbonyl (C=O) groups is 1. The Morgan fingerprint density at radius 3 is 2.88 bits per heavy atom. The van der Waals surface area contributed by atoms with E-state index in [-0.39, 0.29) is 23.9 Å². The maximum Gasteiger partial charge on any atom is 0.224 e. The maximum absolute atomic E-state index is 12.6. The molecule has 0 bridgehead atoms. The highest BCUT2D eigenvalue weighted by atomic mass is 35.5. The summed E-state index contributed by atoms with van der Waals surface area (Å²) in [5.74, 6) is 0.853. The SMILES string of the molecule is O=C(NC1CCC[C@@H](Nc2ncc(Cl)c(-c3c[nH]c4ccccc34)n2)C1)[C@@H]1CCCNC1. The van der Waals surface area contributed by atoms with Crippen molar-refractivity contribution in [1.29, 1.82) is 0 Å². The number of benzene rings is 1. The number of H-pyrrole nitrogens is 1. The van der Waals surface area contributed by atoms with E-state index >= 15 is 0 Å². The van der Waals surface area contributed by atoms with Crippen LogP contribution in [0.25, 0.3) is 22.2 Å². The molecule has 8 heteroatoms. The molecule has 0 radical (unpaired) electrons. The summed E-state index contributed by atoms with van der Waals surface area (Å²) in [5, 5.41) is 11.7. The van der Waals surface area contributed by atoms with Gasteiger partial charge in [0.05, 0.1) is 22.8 Å². The molecular weight excluding hydrogens is 424 g/mol. The molecule has 32 heavy (non-hydrogen) atoms. The first-order valence-corrected chi connectivity index (χ1v) is 11.9. The number of anilines is 1. The third-order valence-corrected chi connectivity index (χ3v) is 6.89. The summed E-state index contributed by atoms with van der Waals surface area (Å²) < 4.78 is 0. The third kappa shape index (κ3) is 4.59. The molecule has 3 atom stereocenters. The van der Waals surface area contributed by atoms with E-state index in [0.717, 1.165) is 68.1 Å². The number of halogens is 1. The molecule has 4 N–H and O–H groups in total. The van der Waals surface area contributed by atoms with Crippen LogP contribution < -0.4 is 16.0 Å². The van der Waals surface area contributed by atoms with Gasteiger partial charge in [0.2, 0.25) is 11.9 Å². The van der Waals surface area contributed by atoms with Gasteiger partial charge in [-0.1, -0.05) is 29.8 Å². The van der Waals surface area contributed by atoms with E-state index in [9.17, 15) is 4.79 Å². The van der Waals surface area contributed by atoms with E-state index in [1.165, 1.54) is 0 Å². The zero-order valence-corrected chi connectivity index (χ0v) is 18.8. The average molecular weight is 453 g/mol. The number of amides is 1. The first kappa shape index (κ1) is 21.2. The molecule has 5 rings (SSSR count). The van der Waals surface area contributed by atoms with Gasteiger partial charge >= 0.3 is 0 Å². The summed E-state index contributed by atoms with van der Waals surface area (Å²) in [6, 6.07) is 8.51. The molecule has 3 aromatic rings. The highest BCUT2D eigenvalue weighted by Gasteiger charge is 2.27. The predicted molar refractivity (Wildman–Crippen MR) is 128 cm³/mol. The second kappa shape index (κ2) is 9.46. The van der Waals surface area contributed by atoms with Crippen LogP contribution >= 0.6 is 11.6 Å². The molecule has 1 aliphatic carbocycles. The second-order valence-corrected chi connectivity index (χ2v) is 9.30. The fourth-order valence-electron chi connectivity index (χ4n) is 4.92. The number of piperidine rings is 1. The van der Waals surface area contributed by atoms with Crippen LogP contribution in [0.4, 0.5) is 5.95 Å². The van der Waals surface area contributed by atoms with Crippen LogP contribution in [-0.4, -0.2) is 46.0 Å². The topological polar surface area (TPSA) is 94.7 Å². The van der Waals surface area contributed by atoms with Gasteiger partial charge in [-0.2, -0.15) is 0 Å². The smallest absolute Gasteiger partial charge is 0.224 e. The van der Waals surface area contributed by atoms with Gasteiger partial charge in [-0.25, -0.2) is 9.97 Å². The molecule has 2 aliphatic rings. The van der Waals surface area contributed by atoms with Crippen molar-refractivity contribution >= 4 is 34.4 Å². The summed E-state index contributed by atoms with van der Waals surface area (Å²) in [4.78, 5) is 25.1. The number of nitrogens with one attached hydrogen (secondary N) is 4. The lowest BCUT2D eigenvalue weighted by atomic mass is 9.90. The second-order valence-electron chi connectivity index (χ2n) is 8.89. The number of rotatable bonds is 5. The molecule has 168 valence electrons. The van der Waals surface area contributed by atoms with Gasteiger partial charge in [0, 0.05) is 41.3 Å². The summed E-state index contributed by atoms with van der Waals surface area (Å²) >= 11 is 6.47. The molecule has 2 aromatic heterocycles. The summed E-state index contributed by atoms with van der Waals surface area (Å²) in [6.45, 7) is 1.80. The number of fused-ring (bicyclic) bond motifs is 1. The van der Waals surface area contributed by atoms with Crippen LogP contribution in [0.15, 0.2) is 36.7 Å². The summed E-state index contributed by atoms with van der Waals surface area (Å²) in [6.07, 6.45) is 9.63. The number of aromatic amines is 1. The fraction of sp³-hybridized carbons (Fsp3) is 0.458. The molecule has 1 unspecified atom stereocenters. The predicted octanol–water partition coefficient (Wildman–Crippen LogP) is 4.12. The van der Waals surface area contributed by atoms with Gasteiger partial charge in [-0.05, 0) is 51.1 Å². The molecule has 1 amide bonds. The molecule has 7 nitrogen and oxygen atoms in total. The van der Waals surface area contributed by atoms with E-state index in [1.807, 2.05) is 24.4 Å². The van der Waals surface area contributed by atoms with Crippen LogP contribution in [-0.2, 0) is 4.79 Å². The van der Waals surface area contributed by atoms with E-state index in [4.69, 9.17) is 16.6 Å².